The Morgan fingerprint density at radius 3 is 1.88 bits per heavy atom. The van der Waals surface area contributed by atoms with Gasteiger partial charge in [-0.25, -0.2) is 0 Å². The average Bonchev–Trinajstić information content (AvgIpc) is 2.24. The molecule has 0 aromatic heterocycles. The first kappa shape index (κ1) is 17.0. The van der Waals surface area contributed by atoms with E-state index in [2.05, 4.69) is 40.1 Å². The van der Waals surface area contributed by atoms with Crippen molar-refractivity contribution in [3.8, 4) is 0 Å². The Morgan fingerprint density at radius 2 is 1.41 bits per heavy atom. The van der Waals surface area contributed by atoms with Gasteiger partial charge in [0.25, 0.3) is 0 Å². The molecule has 0 rings (SSSR count). The lowest BCUT2D eigenvalue weighted by Crippen LogP contribution is -2.29. The zero-order valence-corrected chi connectivity index (χ0v) is 12.9. The number of rotatable bonds is 10. The molecule has 1 N–H and O–H groups in total. The third-order valence-electron chi connectivity index (χ3n) is 3.42. The van der Waals surface area contributed by atoms with Crippen molar-refractivity contribution in [2.45, 2.75) is 91.5 Å². The van der Waals surface area contributed by atoms with Crippen molar-refractivity contribution < 1.29 is 0 Å². The molecule has 0 aromatic carbocycles. The standard InChI is InChI=1S/C16H35N/c1-6-7-8-9-10-11-12-13-15(17-5)14-16(2,3)4/h15,17H,6-14H2,1-5H3. The summed E-state index contributed by atoms with van der Waals surface area (Å²) in [7, 11) is 2.11. The number of unbranched alkanes of at least 4 members (excludes halogenated alkanes) is 6. The van der Waals surface area contributed by atoms with Crippen molar-refractivity contribution in [1.29, 1.82) is 0 Å². The summed E-state index contributed by atoms with van der Waals surface area (Å²) in [6, 6.07) is 0.714. The Bertz CT molecular complexity index is 157. The zero-order chi connectivity index (χ0) is 13.1. The summed E-state index contributed by atoms with van der Waals surface area (Å²) in [6.45, 7) is 9.29. The normalized spacial score (nSPS) is 13.9. The van der Waals surface area contributed by atoms with E-state index < -0.39 is 0 Å². The van der Waals surface area contributed by atoms with Crippen LogP contribution in [0.15, 0.2) is 0 Å². The van der Waals surface area contributed by atoms with Crippen LogP contribution in [-0.4, -0.2) is 13.1 Å². The second kappa shape index (κ2) is 9.94. The van der Waals surface area contributed by atoms with Gasteiger partial charge in [-0.05, 0) is 25.3 Å². The zero-order valence-electron chi connectivity index (χ0n) is 12.9. The minimum atomic E-state index is 0.453. The van der Waals surface area contributed by atoms with Crippen LogP contribution in [0.25, 0.3) is 0 Å². The molecule has 0 saturated heterocycles. The maximum Gasteiger partial charge on any atom is 0.00690 e. The van der Waals surface area contributed by atoms with Gasteiger partial charge in [0.2, 0.25) is 0 Å². The van der Waals surface area contributed by atoms with E-state index in [1.165, 1.54) is 57.8 Å². The lowest BCUT2D eigenvalue weighted by Gasteiger charge is -2.25. The molecular formula is C16H35N. The molecule has 1 nitrogen and oxygen atoms in total. The van der Waals surface area contributed by atoms with Crippen molar-refractivity contribution in [3.05, 3.63) is 0 Å². The molecule has 0 bridgehead atoms. The SMILES string of the molecule is CCCCCCCCCC(CC(C)(C)C)NC. The molecule has 1 atom stereocenters. The molecule has 17 heavy (non-hydrogen) atoms. The molecule has 0 saturated carbocycles. The van der Waals surface area contributed by atoms with Crippen LogP contribution in [0.2, 0.25) is 0 Å². The molecule has 0 heterocycles. The van der Waals surface area contributed by atoms with Gasteiger partial charge in [0.05, 0.1) is 0 Å². The van der Waals surface area contributed by atoms with Gasteiger partial charge in [-0.2, -0.15) is 0 Å². The Morgan fingerprint density at radius 1 is 0.882 bits per heavy atom. The summed E-state index contributed by atoms with van der Waals surface area (Å²) >= 11 is 0. The van der Waals surface area contributed by atoms with Crippen molar-refractivity contribution in [2.75, 3.05) is 7.05 Å². The first-order chi connectivity index (χ1) is 7.99. The van der Waals surface area contributed by atoms with Gasteiger partial charge >= 0.3 is 0 Å². The Labute approximate surface area is 110 Å². The highest BCUT2D eigenvalue weighted by Gasteiger charge is 2.16. The molecular weight excluding hydrogens is 206 g/mol. The molecule has 0 aliphatic carbocycles. The second-order valence-electron chi connectivity index (χ2n) is 6.66. The molecule has 104 valence electrons. The number of hydrogen-bond donors (Lipinski definition) is 1. The van der Waals surface area contributed by atoms with Gasteiger partial charge in [0.1, 0.15) is 0 Å². The van der Waals surface area contributed by atoms with Crippen molar-refractivity contribution in [3.63, 3.8) is 0 Å². The molecule has 0 aromatic rings. The van der Waals surface area contributed by atoms with Crippen LogP contribution in [-0.2, 0) is 0 Å². The Kier molecular flexibility index (Phi) is 9.91. The molecule has 0 radical (unpaired) electrons. The minimum Gasteiger partial charge on any atom is -0.317 e. The lowest BCUT2D eigenvalue weighted by atomic mass is 9.86. The quantitative estimate of drug-likeness (QED) is 0.521. The average molecular weight is 241 g/mol. The van der Waals surface area contributed by atoms with E-state index in [4.69, 9.17) is 0 Å². The summed E-state index contributed by atoms with van der Waals surface area (Å²) in [5.74, 6) is 0. The van der Waals surface area contributed by atoms with Gasteiger partial charge in [-0.3, -0.25) is 0 Å². The second-order valence-corrected chi connectivity index (χ2v) is 6.66. The summed E-state index contributed by atoms with van der Waals surface area (Å²) in [4.78, 5) is 0. The van der Waals surface area contributed by atoms with E-state index in [1.54, 1.807) is 0 Å². The van der Waals surface area contributed by atoms with Crippen LogP contribution in [0.1, 0.15) is 85.5 Å². The van der Waals surface area contributed by atoms with Crippen LogP contribution < -0.4 is 5.32 Å². The monoisotopic (exact) mass is 241 g/mol. The fourth-order valence-electron chi connectivity index (χ4n) is 2.44. The van der Waals surface area contributed by atoms with E-state index in [-0.39, 0.29) is 0 Å². The fourth-order valence-corrected chi connectivity index (χ4v) is 2.44. The number of hydrogen-bond acceptors (Lipinski definition) is 1. The molecule has 1 unspecified atom stereocenters. The number of nitrogens with one attached hydrogen (secondary N) is 1. The highest BCUT2D eigenvalue weighted by atomic mass is 14.9. The third-order valence-corrected chi connectivity index (χ3v) is 3.42. The Hall–Kier alpha value is -0.0400. The Balaban J connectivity index is 3.44. The van der Waals surface area contributed by atoms with Crippen molar-refractivity contribution >= 4 is 0 Å². The van der Waals surface area contributed by atoms with Gasteiger partial charge in [0, 0.05) is 6.04 Å². The van der Waals surface area contributed by atoms with Crippen LogP contribution in [0.3, 0.4) is 0 Å². The van der Waals surface area contributed by atoms with Crippen molar-refractivity contribution in [2.24, 2.45) is 5.41 Å². The maximum atomic E-state index is 3.47. The van der Waals surface area contributed by atoms with E-state index in [9.17, 15) is 0 Å². The summed E-state index contributed by atoms with van der Waals surface area (Å²) in [5.41, 5.74) is 0.453. The first-order valence-electron chi connectivity index (χ1n) is 7.67. The molecule has 0 aliphatic heterocycles. The highest BCUT2D eigenvalue weighted by molar-refractivity contribution is 4.73. The molecule has 0 fully saturated rings. The smallest absolute Gasteiger partial charge is 0.00690 e. The van der Waals surface area contributed by atoms with E-state index in [0.29, 0.717) is 11.5 Å². The van der Waals surface area contributed by atoms with Crippen LogP contribution in [0.5, 0.6) is 0 Å². The molecule has 0 amide bonds. The van der Waals surface area contributed by atoms with Gasteiger partial charge in [-0.15, -0.1) is 0 Å². The van der Waals surface area contributed by atoms with Crippen LogP contribution >= 0.6 is 0 Å². The minimum absolute atomic E-state index is 0.453. The summed E-state index contributed by atoms with van der Waals surface area (Å²) in [6.07, 6.45) is 12.6. The molecule has 1 heteroatoms. The van der Waals surface area contributed by atoms with E-state index in [0.717, 1.165) is 0 Å². The largest absolute Gasteiger partial charge is 0.317 e. The van der Waals surface area contributed by atoms with Crippen molar-refractivity contribution in [1.82, 2.24) is 5.32 Å². The van der Waals surface area contributed by atoms with E-state index >= 15 is 0 Å². The predicted octanol–water partition coefficient (Wildman–Crippen LogP) is 5.15. The third kappa shape index (κ3) is 12.2. The summed E-state index contributed by atoms with van der Waals surface area (Å²) < 4.78 is 0. The van der Waals surface area contributed by atoms with Gasteiger partial charge < -0.3 is 5.32 Å². The van der Waals surface area contributed by atoms with E-state index in [1.807, 2.05) is 0 Å². The predicted molar refractivity (Wildman–Crippen MR) is 79.5 cm³/mol. The lowest BCUT2D eigenvalue weighted by molar-refractivity contribution is 0.302. The van der Waals surface area contributed by atoms with Crippen LogP contribution in [0, 0.1) is 5.41 Å². The van der Waals surface area contributed by atoms with Gasteiger partial charge in [-0.1, -0.05) is 72.6 Å². The first-order valence-corrected chi connectivity index (χ1v) is 7.67. The van der Waals surface area contributed by atoms with Gasteiger partial charge in [0.15, 0.2) is 0 Å². The van der Waals surface area contributed by atoms with Crippen LogP contribution in [0.4, 0.5) is 0 Å². The fraction of sp³-hybridized carbons (Fsp3) is 1.00. The molecule has 0 spiro atoms. The maximum absolute atomic E-state index is 3.47. The molecule has 0 aliphatic rings. The highest BCUT2D eigenvalue weighted by Crippen LogP contribution is 2.23. The topological polar surface area (TPSA) is 12.0 Å². The summed E-state index contributed by atoms with van der Waals surface area (Å²) in [5, 5.41) is 3.47.